The largest absolute Gasteiger partial charge is 0.497 e. The third kappa shape index (κ3) is 9.54. The molecule has 6 aromatic rings. The molecule has 0 aliphatic carbocycles. The summed E-state index contributed by atoms with van der Waals surface area (Å²) in [5, 5.41) is 2.70. The molecule has 0 amide bonds. The number of aromatic amines is 1. The predicted octanol–water partition coefficient (Wildman–Crippen LogP) is 7.17. The van der Waals surface area contributed by atoms with Crippen LogP contribution in [0, 0.1) is 6.92 Å². The summed E-state index contributed by atoms with van der Waals surface area (Å²) >= 11 is 0. The Morgan fingerprint density at radius 1 is 0.735 bits per heavy atom. The van der Waals surface area contributed by atoms with Gasteiger partial charge in [0.15, 0.2) is 6.23 Å². The Hall–Kier alpha value is -5.25. The smallest absolute Gasteiger partial charge is 0.330 e. The Labute approximate surface area is 399 Å². The van der Waals surface area contributed by atoms with Gasteiger partial charge in [-0.2, -0.15) is 0 Å². The third-order valence-corrected chi connectivity index (χ3v) is 19.9. The fraction of sp³-hybridized carbons (Fsp3) is 0.358. The molecule has 68 heavy (non-hydrogen) atoms. The number of hydrogen-bond donors (Lipinski definition) is 1. The normalized spacial score (nSPS) is 22.9. The molecule has 0 bridgehead atoms. The second-order valence-electron chi connectivity index (χ2n) is 17.8. The second-order valence-corrected chi connectivity index (χ2v) is 23.4. The van der Waals surface area contributed by atoms with Gasteiger partial charge in [0.1, 0.15) is 43.5 Å². The van der Waals surface area contributed by atoms with E-state index in [9.17, 15) is 9.59 Å². The minimum absolute atomic E-state index is 0.0155. The van der Waals surface area contributed by atoms with Crippen LogP contribution in [0.3, 0.4) is 0 Å². The van der Waals surface area contributed by atoms with Gasteiger partial charge in [-0.25, -0.2) is 9.46 Å². The van der Waals surface area contributed by atoms with Crippen molar-refractivity contribution >= 4 is 27.0 Å². The van der Waals surface area contributed by atoms with Crippen molar-refractivity contribution in [3.8, 4) is 11.5 Å². The van der Waals surface area contributed by atoms with Crippen molar-refractivity contribution in [1.82, 2.24) is 14.2 Å². The summed E-state index contributed by atoms with van der Waals surface area (Å²) in [6.07, 6.45) is -0.0708. The average molecular weight is 958 g/mol. The molecule has 0 spiro atoms. The number of nitrogens with zero attached hydrogens (tertiary/aromatic N) is 2. The maximum Gasteiger partial charge on any atom is 0.330 e. The summed E-state index contributed by atoms with van der Waals surface area (Å²) in [5.74, 6) is 1.40. The molecule has 0 radical (unpaired) electrons. The molecule has 3 aliphatic rings. The van der Waals surface area contributed by atoms with E-state index in [4.69, 9.17) is 37.5 Å². The van der Waals surface area contributed by atoms with E-state index in [-0.39, 0.29) is 32.0 Å². The van der Waals surface area contributed by atoms with Crippen LogP contribution in [0.15, 0.2) is 155 Å². The number of aryl methyl sites for hydroxylation is 1. The van der Waals surface area contributed by atoms with E-state index in [0.29, 0.717) is 17.1 Å². The van der Waals surface area contributed by atoms with Gasteiger partial charge in [-0.05, 0) is 66.8 Å². The van der Waals surface area contributed by atoms with Gasteiger partial charge < -0.3 is 37.5 Å². The molecule has 0 unspecified atom stereocenters. The maximum atomic E-state index is 13.8. The Balaban J connectivity index is 1.12. The number of hydrogen-bond acceptors (Lipinski definition) is 11. The van der Waals surface area contributed by atoms with Gasteiger partial charge in [0.05, 0.1) is 40.1 Å². The summed E-state index contributed by atoms with van der Waals surface area (Å²) in [7, 11) is 0.916. The fourth-order valence-electron chi connectivity index (χ4n) is 10.1. The van der Waals surface area contributed by atoms with Crippen LogP contribution in [-0.4, -0.2) is 100 Å². The zero-order valence-electron chi connectivity index (χ0n) is 39.2. The molecule has 3 saturated heterocycles. The SMILES string of the molecule is COCCO[C@@H]1[C@H](O[P@@]2O[C@H](C[Si](C)(c3ccccc3)c3ccccc3)[C@@H]3CCCN32)[C@@H](COC(c2ccccc2)(c2ccc(OC)cc2)c2ccc(OC)cc2)O[C@H]1n1cc(C)c(=O)[nH]c1=O. The van der Waals surface area contributed by atoms with Crippen LogP contribution in [0.25, 0.3) is 0 Å². The lowest BCUT2D eigenvalue weighted by molar-refractivity contribution is -0.0991. The van der Waals surface area contributed by atoms with Crippen molar-refractivity contribution in [3.63, 3.8) is 0 Å². The molecular weight excluding hydrogens is 898 g/mol. The summed E-state index contributed by atoms with van der Waals surface area (Å²) < 4.78 is 56.3. The molecule has 9 rings (SSSR count). The number of benzene rings is 5. The number of methoxy groups -OCH3 is 3. The molecule has 3 aliphatic heterocycles. The van der Waals surface area contributed by atoms with Gasteiger partial charge in [-0.15, -0.1) is 0 Å². The first-order valence-corrected chi connectivity index (χ1v) is 27.1. The van der Waals surface area contributed by atoms with Crippen molar-refractivity contribution in [1.29, 1.82) is 0 Å². The molecule has 1 aromatic heterocycles. The molecular formula is C53H60N3O10PSi. The Kier molecular flexibility index (Phi) is 14.9. The molecule has 13 nitrogen and oxygen atoms in total. The molecule has 0 saturated carbocycles. The van der Waals surface area contributed by atoms with E-state index >= 15 is 0 Å². The highest BCUT2D eigenvalue weighted by molar-refractivity contribution is 7.45. The standard InChI is InChI=1S/C53H60N3O10PSi/c1-37-34-55(52(58)54-50(37)57)51-49(62-33-32-59-2)48(66-67-56-31-15-22-45(56)47(65-67)36-68(5,43-18-11-7-12-19-43)44-20-13-8-14-21-44)46(64-51)35-63-53(38-16-9-6-10-17-38,39-23-27-41(60-3)28-24-39)40-25-29-42(61-4)30-26-40/h6-14,16-21,23-30,34,45-49,51H,15,22,31-33,35-36H2,1-5H3,(H,54,57,58)/t45-,46+,47+,48+,49+,51+,67+/m0/s1. The number of fused-ring (bicyclic) bond motifs is 1. The highest BCUT2D eigenvalue weighted by Gasteiger charge is 2.55. The molecule has 5 aromatic carbocycles. The lowest BCUT2D eigenvalue weighted by Gasteiger charge is -2.37. The van der Waals surface area contributed by atoms with Crippen molar-refractivity contribution in [2.24, 2.45) is 0 Å². The number of rotatable bonds is 19. The van der Waals surface area contributed by atoms with E-state index in [2.05, 4.69) is 76.9 Å². The summed E-state index contributed by atoms with van der Waals surface area (Å²) in [6.45, 7) is 5.37. The van der Waals surface area contributed by atoms with Crippen molar-refractivity contribution in [2.75, 3.05) is 47.7 Å². The van der Waals surface area contributed by atoms with Crippen molar-refractivity contribution in [2.45, 2.75) is 74.6 Å². The van der Waals surface area contributed by atoms with Gasteiger partial charge >= 0.3 is 5.69 Å². The van der Waals surface area contributed by atoms with Gasteiger partial charge in [-0.1, -0.05) is 132 Å². The van der Waals surface area contributed by atoms with E-state index in [1.165, 1.54) is 21.1 Å². The van der Waals surface area contributed by atoms with E-state index < -0.39 is 58.0 Å². The third-order valence-electron chi connectivity index (χ3n) is 13.7. The molecule has 15 heteroatoms. The summed E-state index contributed by atoms with van der Waals surface area (Å²) in [6, 6.07) is 48.5. The second kappa shape index (κ2) is 21.2. The lowest BCUT2D eigenvalue weighted by Crippen LogP contribution is -2.58. The van der Waals surface area contributed by atoms with Gasteiger partial charge in [0.25, 0.3) is 14.1 Å². The maximum absolute atomic E-state index is 13.8. The van der Waals surface area contributed by atoms with E-state index in [1.54, 1.807) is 28.3 Å². The highest BCUT2D eigenvalue weighted by Crippen LogP contribution is 2.59. The monoisotopic (exact) mass is 957 g/mol. The Morgan fingerprint density at radius 2 is 1.31 bits per heavy atom. The first-order valence-electron chi connectivity index (χ1n) is 23.2. The van der Waals surface area contributed by atoms with Crippen LogP contribution in [-0.2, 0) is 33.6 Å². The summed E-state index contributed by atoms with van der Waals surface area (Å²) in [4.78, 5) is 29.0. The van der Waals surface area contributed by atoms with Crippen LogP contribution < -0.4 is 31.1 Å². The number of ether oxygens (including phenoxy) is 6. The van der Waals surface area contributed by atoms with Crippen LogP contribution >= 0.6 is 8.53 Å². The molecule has 3 fully saturated rings. The highest BCUT2D eigenvalue weighted by atomic mass is 31.2. The van der Waals surface area contributed by atoms with E-state index in [1.807, 2.05) is 78.9 Å². The average Bonchev–Trinajstić information content (AvgIpc) is 4.09. The van der Waals surface area contributed by atoms with Crippen molar-refractivity contribution < 1.29 is 37.5 Å². The van der Waals surface area contributed by atoms with Gasteiger partial charge in [0, 0.05) is 31.5 Å². The Morgan fingerprint density at radius 3 is 1.88 bits per heavy atom. The fourth-order valence-corrected chi connectivity index (χ4v) is 16.1. The summed E-state index contributed by atoms with van der Waals surface area (Å²) in [5.41, 5.74) is 0.616. The number of aromatic nitrogens is 2. The quantitative estimate of drug-likeness (QED) is 0.0384. The van der Waals surface area contributed by atoms with Crippen molar-refractivity contribution in [3.05, 3.63) is 189 Å². The molecule has 356 valence electrons. The van der Waals surface area contributed by atoms with Crippen LogP contribution in [0.1, 0.15) is 41.3 Å². The molecule has 1 N–H and O–H groups in total. The first kappa shape index (κ1) is 47.8. The van der Waals surface area contributed by atoms with Crippen LogP contribution in [0.2, 0.25) is 12.6 Å². The first-order chi connectivity index (χ1) is 33.2. The minimum Gasteiger partial charge on any atom is -0.497 e. The Bertz CT molecular complexity index is 2610. The minimum atomic E-state index is -2.33. The zero-order chi connectivity index (χ0) is 47.3. The number of nitrogens with one attached hydrogen (secondary N) is 1. The van der Waals surface area contributed by atoms with Gasteiger partial charge in [0.2, 0.25) is 0 Å². The van der Waals surface area contributed by atoms with Gasteiger partial charge in [-0.3, -0.25) is 14.3 Å². The zero-order valence-corrected chi connectivity index (χ0v) is 41.1. The molecule has 4 heterocycles. The number of H-pyrrole nitrogens is 1. The molecule has 7 atom stereocenters. The topological polar surface area (TPSA) is 132 Å². The predicted molar refractivity (Wildman–Crippen MR) is 265 cm³/mol. The van der Waals surface area contributed by atoms with E-state index in [0.717, 1.165) is 42.1 Å². The van der Waals surface area contributed by atoms with Crippen LogP contribution in [0.4, 0.5) is 0 Å². The lowest BCUT2D eigenvalue weighted by atomic mass is 9.80. The van der Waals surface area contributed by atoms with Crippen LogP contribution in [0.5, 0.6) is 11.5 Å².